The lowest BCUT2D eigenvalue weighted by atomic mass is 10.1. The molecule has 0 bridgehead atoms. The number of carbonyl (C=O) groups is 2. The molecule has 8 nitrogen and oxygen atoms in total. The molecule has 0 saturated carbocycles. The molecule has 1 amide bonds. The van der Waals surface area contributed by atoms with Crippen LogP contribution < -0.4 is 0 Å². The maximum atomic E-state index is 12.4. The third-order valence-electron chi connectivity index (χ3n) is 3.62. The van der Waals surface area contributed by atoms with Gasteiger partial charge in [0, 0.05) is 13.1 Å². The van der Waals surface area contributed by atoms with Crippen molar-refractivity contribution in [3.63, 3.8) is 0 Å². The molecule has 0 radical (unpaired) electrons. The van der Waals surface area contributed by atoms with E-state index in [4.69, 9.17) is 16.7 Å². The second-order valence-corrected chi connectivity index (χ2v) is 5.40. The minimum atomic E-state index is -0.879. The van der Waals surface area contributed by atoms with E-state index in [-0.39, 0.29) is 17.5 Å². The number of carboxylic acid groups (broad SMARTS) is 1. The molecule has 1 N–H and O–H groups in total. The summed E-state index contributed by atoms with van der Waals surface area (Å²) in [6.45, 7) is 0.625. The van der Waals surface area contributed by atoms with Gasteiger partial charge in [0.1, 0.15) is 6.33 Å². The topological polar surface area (TPSA) is 101 Å². The molecule has 0 aliphatic carbocycles. The molecule has 22 heavy (non-hydrogen) atoms. The first-order valence-corrected chi connectivity index (χ1v) is 6.99. The predicted octanol–water partition coefficient (Wildman–Crippen LogP) is 0.862. The lowest BCUT2D eigenvalue weighted by molar-refractivity contribution is -0.141. The lowest BCUT2D eigenvalue weighted by Crippen LogP contribution is -2.30. The number of hydrogen-bond donors (Lipinski definition) is 1. The second-order valence-electron chi connectivity index (χ2n) is 4.99. The molecule has 1 atom stereocenters. The normalized spacial score (nSPS) is 17.7. The van der Waals surface area contributed by atoms with Crippen LogP contribution in [0.25, 0.3) is 5.69 Å². The number of aliphatic carboxylic acids is 1. The van der Waals surface area contributed by atoms with Crippen molar-refractivity contribution in [2.75, 3.05) is 13.1 Å². The van der Waals surface area contributed by atoms with Gasteiger partial charge in [0.05, 0.1) is 22.2 Å². The van der Waals surface area contributed by atoms with Gasteiger partial charge in [-0.2, -0.15) is 0 Å². The first kappa shape index (κ1) is 14.5. The molecular weight excluding hydrogens is 310 g/mol. The summed E-state index contributed by atoms with van der Waals surface area (Å²) in [5.41, 5.74) is 0.973. The average molecular weight is 322 g/mol. The minimum absolute atomic E-state index is 0.208. The molecule has 2 aromatic rings. The summed E-state index contributed by atoms with van der Waals surface area (Å²) in [6, 6.07) is 4.87. The zero-order chi connectivity index (χ0) is 15.7. The Labute approximate surface area is 130 Å². The Hall–Kier alpha value is -2.48. The molecule has 1 aliphatic heterocycles. The molecular formula is C13H12ClN5O3. The molecule has 0 unspecified atom stereocenters. The van der Waals surface area contributed by atoms with Gasteiger partial charge in [-0.1, -0.05) is 11.6 Å². The number of carbonyl (C=O) groups excluding carboxylic acids is 1. The maximum Gasteiger partial charge on any atom is 0.308 e. The number of nitrogens with zero attached hydrogens (tertiary/aromatic N) is 5. The molecule has 1 saturated heterocycles. The predicted molar refractivity (Wildman–Crippen MR) is 75.8 cm³/mol. The quantitative estimate of drug-likeness (QED) is 0.899. The summed E-state index contributed by atoms with van der Waals surface area (Å²) in [7, 11) is 0. The highest BCUT2D eigenvalue weighted by Gasteiger charge is 2.31. The Morgan fingerprint density at radius 3 is 2.77 bits per heavy atom. The van der Waals surface area contributed by atoms with Gasteiger partial charge in [0.15, 0.2) is 0 Å². The number of aromatic nitrogens is 4. The molecule has 1 aliphatic rings. The van der Waals surface area contributed by atoms with E-state index in [0.29, 0.717) is 24.2 Å². The minimum Gasteiger partial charge on any atom is -0.481 e. The Morgan fingerprint density at radius 2 is 2.18 bits per heavy atom. The van der Waals surface area contributed by atoms with Crippen LogP contribution >= 0.6 is 11.6 Å². The van der Waals surface area contributed by atoms with Crippen molar-refractivity contribution in [3.8, 4) is 5.69 Å². The molecule has 114 valence electrons. The van der Waals surface area contributed by atoms with E-state index in [0.717, 1.165) is 0 Å². The van der Waals surface area contributed by atoms with Gasteiger partial charge in [-0.3, -0.25) is 9.59 Å². The Morgan fingerprint density at radius 1 is 1.36 bits per heavy atom. The van der Waals surface area contributed by atoms with Crippen molar-refractivity contribution in [1.82, 2.24) is 25.1 Å². The van der Waals surface area contributed by atoms with Gasteiger partial charge in [0.2, 0.25) is 0 Å². The number of likely N-dealkylation sites (tertiary alicyclic amines) is 1. The Kier molecular flexibility index (Phi) is 3.76. The van der Waals surface area contributed by atoms with Gasteiger partial charge in [0.25, 0.3) is 5.91 Å². The number of carboxylic acids is 1. The number of rotatable bonds is 3. The fourth-order valence-corrected chi connectivity index (χ4v) is 2.67. The molecule has 1 aromatic heterocycles. The highest BCUT2D eigenvalue weighted by molar-refractivity contribution is 6.34. The van der Waals surface area contributed by atoms with Crippen LogP contribution in [-0.2, 0) is 4.79 Å². The lowest BCUT2D eigenvalue weighted by Gasteiger charge is -2.17. The van der Waals surface area contributed by atoms with Crippen LogP contribution in [-0.4, -0.2) is 55.2 Å². The smallest absolute Gasteiger partial charge is 0.308 e. The van der Waals surface area contributed by atoms with E-state index in [1.165, 1.54) is 15.9 Å². The number of benzene rings is 1. The second kappa shape index (κ2) is 5.72. The largest absolute Gasteiger partial charge is 0.481 e. The third-order valence-corrected chi connectivity index (χ3v) is 3.93. The zero-order valence-corrected chi connectivity index (χ0v) is 12.1. The number of tetrazole rings is 1. The van der Waals surface area contributed by atoms with Crippen LogP contribution in [0.2, 0.25) is 5.02 Å². The number of halogens is 1. The van der Waals surface area contributed by atoms with Gasteiger partial charge in [-0.25, -0.2) is 4.68 Å². The van der Waals surface area contributed by atoms with Crippen molar-refractivity contribution in [1.29, 1.82) is 0 Å². The van der Waals surface area contributed by atoms with Crippen LogP contribution in [0.1, 0.15) is 16.8 Å². The van der Waals surface area contributed by atoms with E-state index in [1.54, 1.807) is 18.2 Å². The summed E-state index contributed by atoms with van der Waals surface area (Å²) < 4.78 is 1.43. The fourth-order valence-electron chi connectivity index (χ4n) is 2.42. The zero-order valence-electron chi connectivity index (χ0n) is 11.4. The SMILES string of the molecule is O=C(O)[C@@H]1CCN(C(=O)c2ccc(-n3cnnn3)cc2Cl)C1. The monoisotopic (exact) mass is 321 g/mol. The molecule has 9 heteroatoms. The van der Waals surface area contributed by atoms with Crippen LogP contribution in [0.3, 0.4) is 0 Å². The standard InChI is InChI=1S/C13H12ClN5O3/c14-11-5-9(19-7-15-16-17-19)1-2-10(11)12(20)18-4-3-8(6-18)13(21)22/h1-2,5,7-8H,3-4,6H2,(H,21,22)/t8-/m1/s1. The van der Waals surface area contributed by atoms with E-state index >= 15 is 0 Å². The number of hydrogen-bond acceptors (Lipinski definition) is 5. The number of amides is 1. The van der Waals surface area contributed by atoms with Crippen LogP contribution in [0.4, 0.5) is 0 Å². The summed E-state index contributed by atoms with van der Waals surface area (Å²) in [6.07, 6.45) is 1.88. The Bertz CT molecular complexity index is 718. The highest BCUT2D eigenvalue weighted by atomic mass is 35.5. The van der Waals surface area contributed by atoms with Crippen LogP contribution in [0.5, 0.6) is 0 Å². The molecule has 1 aromatic carbocycles. The highest BCUT2D eigenvalue weighted by Crippen LogP contribution is 2.24. The van der Waals surface area contributed by atoms with Crippen LogP contribution in [0.15, 0.2) is 24.5 Å². The van der Waals surface area contributed by atoms with Gasteiger partial charge < -0.3 is 10.0 Å². The van der Waals surface area contributed by atoms with Gasteiger partial charge in [-0.15, -0.1) is 5.10 Å². The summed E-state index contributed by atoms with van der Waals surface area (Å²) >= 11 is 6.17. The molecule has 1 fully saturated rings. The third kappa shape index (κ3) is 2.64. The summed E-state index contributed by atoms with van der Waals surface area (Å²) in [5, 5.41) is 20.1. The molecule has 3 rings (SSSR count). The van der Waals surface area contributed by atoms with E-state index < -0.39 is 11.9 Å². The van der Waals surface area contributed by atoms with Gasteiger partial charge >= 0.3 is 5.97 Å². The van der Waals surface area contributed by atoms with Crippen molar-refractivity contribution in [2.24, 2.45) is 5.92 Å². The summed E-state index contributed by atoms with van der Waals surface area (Å²) in [4.78, 5) is 24.9. The van der Waals surface area contributed by atoms with E-state index in [2.05, 4.69) is 15.5 Å². The summed E-state index contributed by atoms with van der Waals surface area (Å²) in [5.74, 6) is -1.66. The van der Waals surface area contributed by atoms with Crippen molar-refractivity contribution in [2.45, 2.75) is 6.42 Å². The average Bonchev–Trinajstić information content (AvgIpc) is 3.18. The van der Waals surface area contributed by atoms with Crippen molar-refractivity contribution in [3.05, 3.63) is 35.1 Å². The van der Waals surface area contributed by atoms with E-state index in [1.807, 2.05) is 0 Å². The molecule has 2 heterocycles. The van der Waals surface area contributed by atoms with Gasteiger partial charge in [-0.05, 0) is 35.0 Å². The van der Waals surface area contributed by atoms with Crippen molar-refractivity contribution < 1.29 is 14.7 Å². The van der Waals surface area contributed by atoms with Crippen LogP contribution in [0, 0.1) is 5.92 Å². The first-order valence-electron chi connectivity index (χ1n) is 6.61. The Balaban J connectivity index is 1.80. The first-order chi connectivity index (χ1) is 10.6. The fraction of sp³-hybridized carbons (Fsp3) is 0.308. The van der Waals surface area contributed by atoms with Crippen molar-refractivity contribution >= 4 is 23.5 Å². The maximum absolute atomic E-state index is 12.4. The molecule has 0 spiro atoms. The van der Waals surface area contributed by atoms with E-state index in [9.17, 15) is 9.59 Å².